The molecular weight excluding hydrogens is 434 g/mol. The number of nitrogens with zero attached hydrogens (tertiary/aromatic N) is 4. The van der Waals surface area contributed by atoms with Crippen molar-refractivity contribution in [1.29, 1.82) is 0 Å². The highest BCUT2D eigenvalue weighted by molar-refractivity contribution is 6.33. The molecule has 2 N–H and O–H groups in total. The molecule has 1 aromatic carbocycles. The van der Waals surface area contributed by atoms with Gasteiger partial charge < -0.3 is 15.0 Å². The highest BCUT2D eigenvalue weighted by Gasteiger charge is 2.34. The lowest BCUT2D eigenvalue weighted by Gasteiger charge is -2.17. The summed E-state index contributed by atoms with van der Waals surface area (Å²) in [6.45, 7) is 1.03. The van der Waals surface area contributed by atoms with E-state index in [1.807, 2.05) is 12.3 Å². The molecule has 3 atom stereocenters. The number of rotatable bonds is 7. The van der Waals surface area contributed by atoms with Gasteiger partial charge >= 0.3 is 0 Å². The predicted octanol–water partition coefficient (Wildman–Crippen LogP) is 5.40. The van der Waals surface area contributed by atoms with Gasteiger partial charge in [0.05, 0.1) is 23.0 Å². The summed E-state index contributed by atoms with van der Waals surface area (Å²) in [4.78, 5) is 13.3. The Morgan fingerprint density at radius 1 is 1.06 bits per heavy atom. The molecule has 0 amide bonds. The number of aliphatic hydroxyl groups excluding tert-OH is 1. The lowest BCUT2D eigenvalue weighted by atomic mass is 9.97. The zero-order valence-corrected chi connectivity index (χ0v) is 19.2. The minimum atomic E-state index is -0.377. The highest BCUT2D eigenvalue weighted by Crippen LogP contribution is 2.39. The van der Waals surface area contributed by atoms with Gasteiger partial charge in [0, 0.05) is 18.1 Å². The number of aromatic nitrogens is 4. The van der Waals surface area contributed by atoms with Gasteiger partial charge in [-0.15, -0.1) is 0 Å². The maximum absolute atomic E-state index is 10.8. The van der Waals surface area contributed by atoms with E-state index in [0.29, 0.717) is 11.1 Å². The first kappa shape index (κ1) is 20.9. The topological polar surface area (TPSA) is 75.9 Å². The van der Waals surface area contributed by atoms with Crippen molar-refractivity contribution in [3.8, 4) is 0 Å². The Hall–Kier alpha value is -2.70. The van der Waals surface area contributed by atoms with Crippen molar-refractivity contribution >= 4 is 39.4 Å². The summed E-state index contributed by atoms with van der Waals surface area (Å²) in [7, 11) is 0. The number of hydrogen-bond donors (Lipinski definition) is 2. The van der Waals surface area contributed by atoms with Crippen LogP contribution in [0.4, 0.5) is 5.82 Å². The van der Waals surface area contributed by atoms with Crippen molar-refractivity contribution < 1.29 is 5.11 Å². The first-order chi connectivity index (χ1) is 16.1. The SMILES string of the molecule is O[C@@H]1C[C@@H](CCc2ccc3ccc(NCC4CC4)nc3c2)C[C@H]1n1ccc2c(Cl)ncnc21. The van der Waals surface area contributed by atoms with Gasteiger partial charge in [-0.25, -0.2) is 15.0 Å². The standard InChI is InChI=1S/C26H28ClN5O/c27-25-20-9-10-32(26(20)30-15-29-25)22-12-18(13-23(22)33)4-1-16-5-6-19-7-8-24(31-21(19)11-16)28-14-17-2-3-17/h5-11,15,17-18,22-23,33H,1-4,12-14H2,(H,28,31)/t18-,22+,23+/m0/s1. The minimum Gasteiger partial charge on any atom is -0.391 e. The Bertz CT molecular complexity index is 1300. The molecule has 2 saturated carbocycles. The lowest BCUT2D eigenvalue weighted by Crippen LogP contribution is -2.17. The molecule has 0 radical (unpaired) electrons. The first-order valence-corrected chi connectivity index (χ1v) is 12.3. The normalized spacial score (nSPS) is 22.9. The van der Waals surface area contributed by atoms with E-state index in [4.69, 9.17) is 16.6 Å². The van der Waals surface area contributed by atoms with Gasteiger partial charge in [0.25, 0.3) is 0 Å². The van der Waals surface area contributed by atoms with Crippen molar-refractivity contribution in [2.45, 2.75) is 50.7 Å². The molecule has 6 rings (SSSR count). The van der Waals surface area contributed by atoms with E-state index in [-0.39, 0.29) is 12.1 Å². The smallest absolute Gasteiger partial charge is 0.145 e. The fourth-order valence-corrected chi connectivity index (χ4v) is 5.39. The summed E-state index contributed by atoms with van der Waals surface area (Å²) in [6, 6.07) is 12.8. The zero-order valence-electron chi connectivity index (χ0n) is 18.5. The molecule has 0 spiro atoms. The molecule has 0 aliphatic heterocycles. The summed E-state index contributed by atoms with van der Waals surface area (Å²) in [6.07, 6.45) is 9.55. The summed E-state index contributed by atoms with van der Waals surface area (Å²) in [5.41, 5.74) is 3.15. The average molecular weight is 462 g/mol. The highest BCUT2D eigenvalue weighted by atomic mass is 35.5. The van der Waals surface area contributed by atoms with Crippen LogP contribution < -0.4 is 5.32 Å². The van der Waals surface area contributed by atoms with Gasteiger partial charge in [0.2, 0.25) is 0 Å². The Kier molecular flexibility index (Phi) is 5.43. The number of fused-ring (bicyclic) bond motifs is 2. The second-order valence-electron chi connectivity index (χ2n) is 9.68. The van der Waals surface area contributed by atoms with Crippen LogP contribution in [0.25, 0.3) is 21.9 Å². The van der Waals surface area contributed by atoms with E-state index >= 15 is 0 Å². The zero-order chi connectivity index (χ0) is 22.4. The summed E-state index contributed by atoms with van der Waals surface area (Å²) < 4.78 is 2.07. The lowest BCUT2D eigenvalue weighted by molar-refractivity contribution is 0.136. The van der Waals surface area contributed by atoms with E-state index in [9.17, 15) is 5.11 Å². The van der Waals surface area contributed by atoms with Gasteiger partial charge in [0.1, 0.15) is 22.9 Å². The largest absolute Gasteiger partial charge is 0.391 e. The number of halogens is 1. The van der Waals surface area contributed by atoms with Crippen molar-refractivity contribution in [1.82, 2.24) is 19.5 Å². The molecule has 2 aliphatic rings. The molecule has 7 heteroatoms. The third kappa shape index (κ3) is 4.30. The van der Waals surface area contributed by atoms with Crippen molar-refractivity contribution in [3.63, 3.8) is 0 Å². The summed E-state index contributed by atoms with van der Waals surface area (Å²) in [5, 5.41) is 16.8. The van der Waals surface area contributed by atoms with Crippen LogP contribution in [0.15, 0.2) is 48.9 Å². The van der Waals surface area contributed by atoms with E-state index in [1.165, 1.54) is 30.1 Å². The fraction of sp³-hybridized carbons (Fsp3) is 0.423. The molecule has 0 saturated heterocycles. The number of aliphatic hydroxyl groups is 1. The van der Waals surface area contributed by atoms with Gasteiger partial charge in [0.15, 0.2) is 0 Å². The summed E-state index contributed by atoms with van der Waals surface area (Å²) in [5.74, 6) is 2.26. The number of anilines is 1. The Morgan fingerprint density at radius 3 is 2.82 bits per heavy atom. The quantitative estimate of drug-likeness (QED) is 0.360. The maximum atomic E-state index is 10.8. The van der Waals surface area contributed by atoms with Gasteiger partial charge in [-0.2, -0.15) is 0 Å². The Morgan fingerprint density at radius 2 is 1.94 bits per heavy atom. The molecule has 0 unspecified atom stereocenters. The second-order valence-corrected chi connectivity index (χ2v) is 10.0. The van der Waals surface area contributed by atoms with Crippen LogP contribution in [0.3, 0.4) is 0 Å². The summed E-state index contributed by atoms with van der Waals surface area (Å²) >= 11 is 6.21. The predicted molar refractivity (Wildman–Crippen MR) is 132 cm³/mol. The molecule has 4 aromatic rings. The van der Waals surface area contributed by atoms with Gasteiger partial charge in [-0.3, -0.25) is 0 Å². The van der Waals surface area contributed by atoms with Crippen LogP contribution in [0.1, 0.15) is 43.7 Å². The molecule has 3 heterocycles. The van der Waals surface area contributed by atoms with Crippen LogP contribution in [-0.4, -0.2) is 37.3 Å². The minimum absolute atomic E-state index is 0.0248. The van der Waals surface area contributed by atoms with Crippen LogP contribution >= 0.6 is 11.6 Å². The number of benzene rings is 1. The van der Waals surface area contributed by atoms with Crippen molar-refractivity contribution in [2.24, 2.45) is 11.8 Å². The number of nitrogens with one attached hydrogen (secondary N) is 1. The Labute approximate surface area is 198 Å². The fourth-order valence-electron chi connectivity index (χ4n) is 5.19. The van der Waals surface area contributed by atoms with E-state index < -0.39 is 0 Å². The van der Waals surface area contributed by atoms with Crippen LogP contribution in [0.5, 0.6) is 0 Å². The van der Waals surface area contributed by atoms with Crippen LogP contribution in [0, 0.1) is 11.8 Å². The number of hydrogen-bond acceptors (Lipinski definition) is 5. The average Bonchev–Trinajstić information content (AvgIpc) is 3.44. The Balaban J connectivity index is 1.13. The molecule has 3 aromatic heterocycles. The molecular formula is C26H28ClN5O. The van der Waals surface area contributed by atoms with Gasteiger partial charge in [-0.05, 0) is 80.2 Å². The molecule has 6 nitrogen and oxygen atoms in total. The third-order valence-corrected chi connectivity index (χ3v) is 7.58. The van der Waals surface area contributed by atoms with Gasteiger partial charge in [-0.1, -0.05) is 23.7 Å². The number of aryl methyl sites for hydroxylation is 1. The maximum Gasteiger partial charge on any atom is 0.145 e. The molecule has 33 heavy (non-hydrogen) atoms. The monoisotopic (exact) mass is 461 g/mol. The number of pyridine rings is 1. The van der Waals surface area contributed by atoms with E-state index in [1.54, 1.807) is 0 Å². The van der Waals surface area contributed by atoms with E-state index in [2.05, 4.69) is 50.2 Å². The first-order valence-electron chi connectivity index (χ1n) is 11.9. The second kappa shape index (κ2) is 8.58. The van der Waals surface area contributed by atoms with Crippen LogP contribution in [0.2, 0.25) is 5.15 Å². The van der Waals surface area contributed by atoms with Crippen LogP contribution in [-0.2, 0) is 6.42 Å². The molecule has 2 fully saturated rings. The molecule has 0 bridgehead atoms. The molecule has 170 valence electrons. The molecule has 2 aliphatic carbocycles. The van der Waals surface area contributed by atoms with E-state index in [0.717, 1.165) is 60.5 Å². The van der Waals surface area contributed by atoms with Crippen molar-refractivity contribution in [3.05, 3.63) is 59.6 Å². The van der Waals surface area contributed by atoms with Crippen molar-refractivity contribution in [2.75, 3.05) is 11.9 Å². The third-order valence-electron chi connectivity index (χ3n) is 7.28.